The van der Waals surface area contributed by atoms with Crippen LogP contribution in [0.5, 0.6) is 0 Å². The summed E-state index contributed by atoms with van der Waals surface area (Å²) < 4.78 is 0. The first-order valence-corrected chi connectivity index (χ1v) is 8.44. The summed E-state index contributed by atoms with van der Waals surface area (Å²) in [5.74, 6) is 0.716. The first-order chi connectivity index (χ1) is 9.75. The van der Waals surface area contributed by atoms with Crippen molar-refractivity contribution >= 4 is 46.2 Å². The molecule has 2 atom stereocenters. The standard InChI is InChI=1S/C16H22Cl2N2S/c1-10-6-12(9-16(2,3)8-10)19-15(21)20-14-5-4-11(17)7-13(14)18/h4-5,7,10,12H,6,8-9H2,1-3H3,(H2,19,20,21). The molecule has 1 aliphatic rings. The van der Waals surface area contributed by atoms with E-state index in [9.17, 15) is 0 Å². The molecule has 0 aromatic heterocycles. The Kier molecular flexibility index (Phi) is 5.39. The average Bonchev–Trinajstić information content (AvgIpc) is 2.29. The number of hydrogen-bond acceptors (Lipinski definition) is 1. The van der Waals surface area contributed by atoms with E-state index in [0.29, 0.717) is 32.5 Å². The molecule has 2 rings (SSSR count). The van der Waals surface area contributed by atoms with Gasteiger partial charge in [-0.15, -0.1) is 0 Å². The maximum atomic E-state index is 6.15. The smallest absolute Gasteiger partial charge is 0.171 e. The summed E-state index contributed by atoms with van der Waals surface area (Å²) in [7, 11) is 0. The van der Waals surface area contributed by atoms with Crippen LogP contribution in [-0.2, 0) is 0 Å². The molecular formula is C16H22Cl2N2S. The Morgan fingerprint density at radius 1 is 1.29 bits per heavy atom. The third-order valence-electron chi connectivity index (χ3n) is 3.90. The average molecular weight is 345 g/mol. The number of hydrogen-bond donors (Lipinski definition) is 2. The van der Waals surface area contributed by atoms with E-state index in [2.05, 4.69) is 31.4 Å². The maximum Gasteiger partial charge on any atom is 0.171 e. The Morgan fingerprint density at radius 2 is 2.00 bits per heavy atom. The van der Waals surface area contributed by atoms with Gasteiger partial charge in [0.15, 0.2) is 5.11 Å². The van der Waals surface area contributed by atoms with Gasteiger partial charge in [0.1, 0.15) is 0 Å². The molecule has 1 aromatic rings. The van der Waals surface area contributed by atoms with Gasteiger partial charge in [0.05, 0.1) is 10.7 Å². The quantitative estimate of drug-likeness (QED) is 0.693. The second-order valence-electron chi connectivity index (χ2n) is 6.83. The van der Waals surface area contributed by atoms with Crippen LogP contribution in [0.4, 0.5) is 5.69 Å². The van der Waals surface area contributed by atoms with E-state index in [1.807, 2.05) is 6.07 Å². The molecular weight excluding hydrogens is 323 g/mol. The van der Waals surface area contributed by atoms with Crippen molar-refractivity contribution < 1.29 is 0 Å². The van der Waals surface area contributed by atoms with Crippen molar-refractivity contribution in [3.8, 4) is 0 Å². The summed E-state index contributed by atoms with van der Waals surface area (Å²) in [6, 6.07) is 5.76. The second-order valence-corrected chi connectivity index (χ2v) is 8.08. The van der Waals surface area contributed by atoms with Gasteiger partial charge in [0.25, 0.3) is 0 Å². The Labute approximate surface area is 142 Å². The maximum absolute atomic E-state index is 6.15. The Bertz CT molecular complexity index is 531. The molecule has 116 valence electrons. The topological polar surface area (TPSA) is 24.1 Å². The molecule has 2 unspecified atom stereocenters. The number of benzene rings is 1. The molecule has 1 saturated carbocycles. The molecule has 1 fully saturated rings. The monoisotopic (exact) mass is 344 g/mol. The van der Waals surface area contributed by atoms with Gasteiger partial charge >= 0.3 is 0 Å². The molecule has 0 spiro atoms. The van der Waals surface area contributed by atoms with Crippen molar-refractivity contribution in [1.29, 1.82) is 0 Å². The van der Waals surface area contributed by atoms with E-state index in [1.54, 1.807) is 12.1 Å². The Hall–Kier alpha value is -0.510. The highest BCUT2D eigenvalue weighted by molar-refractivity contribution is 7.80. The highest BCUT2D eigenvalue weighted by Gasteiger charge is 2.32. The van der Waals surface area contributed by atoms with Crippen LogP contribution in [0.25, 0.3) is 0 Å². The lowest BCUT2D eigenvalue weighted by Gasteiger charge is -2.39. The van der Waals surface area contributed by atoms with Gasteiger partial charge in [-0.25, -0.2) is 0 Å². The zero-order valence-corrected chi connectivity index (χ0v) is 15.0. The second kappa shape index (κ2) is 6.72. The molecule has 21 heavy (non-hydrogen) atoms. The number of anilines is 1. The van der Waals surface area contributed by atoms with Gasteiger partial charge in [-0.2, -0.15) is 0 Å². The van der Waals surface area contributed by atoms with Crippen LogP contribution < -0.4 is 10.6 Å². The first-order valence-electron chi connectivity index (χ1n) is 7.28. The molecule has 0 amide bonds. The van der Waals surface area contributed by atoms with Crippen molar-refractivity contribution in [2.45, 2.75) is 46.1 Å². The van der Waals surface area contributed by atoms with Gasteiger partial charge in [0, 0.05) is 11.1 Å². The van der Waals surface area contributed by atoms with Crippen molar-refractivity contribution in [3.05, 3.63) is 28.2 Å². The Morgan fingerprint density at radius 3 is 2.62 bits per heavy atom. The lowest BCUT2D eigenvalue weighted by Crippen LogP contribution is -2.44. The third kappa shape index (κ3) is 5.01. The van der Waals surface area contributed by atoms with Crippen LogP contribution in [0, 0.1) is 11.3 Å². The fourth-order valence-corrected chi connectivity index (χ4v) is 4.12. The van der Waals surface area contributed by atoms with Gasteiger partial charge in [-0.05, 0) is 61.0 Å². The lowest BCUT2D eigenvalue weighted by molar-refractivity contribution is 0.162. The van der Waals surface area contributed by atoms with Crippen molar-refractivity contribution in [2.24, 2.45) is 11.3 Å². The fourth-order valence-electron chi connectivity index (χ4n) is 3.39. The van der Waals surface area contributed by atoms with Crippen LogP contribution in [0.3, 0.4) is 0 Å². The van der Waals surface area contributed by atoms with Crippen LogP contribution in [0.2, 0.25) is 10.0 Å². The normalized spacial score (nSPS) is 24.4. The highest BCUT2D eigenvalue weighted by atomic mass is 35.5. The number of thiocarbonyl (C=S) groups is 1. The Balaban J connectivity index is 1.95. The molecule has 0 heterocycles. The number of halogens is 2. The summed E-state index contributed by atoms with van der Waals surface area (Å²) in [5.41, 5.74) is 1.14. The van der Waals surface area contributed by atoms with Gasteiger partial charge in [-0.3, -0.25) is 0 Å². The first kappa shape index (κ1) is 16.9. The zero-order valence-electron chi connectivity index (χ0n) is 12.7. The highest BCUT2D eigenvalue weighted by Crippen LogP contribution is 2.38. The minimum atomic E-state index is 0.364. The molecule has 2 N–H and O–H groups in total. The summed E-state index contributed by atoms with van der Waals surface area (Å²) in [4.78, 5) is 0. The minimum absolute atomic E-state index is 0.364. The fraction of sp³-hybridized carbons (Fsp3) is 0.562. The molecule has 1 aromatic carbocycles. The summed E-state index contributed by atoms with van der Waals surface area (Å²) in [6.45, 7) is 6.95. The molecule has 0 aliphatic heterocycles. The molecule has 5 heteroatoms. The zero-order chi connectivity index (χ0) is 15.6. The van der Waals surface area contributed by atoms with Crippen LogP contribution in [-0.4, -0.2) is 11.2 Å². The predicted molar refractivity (Wildman–Crippen MR) is 96.4 cm³/mol. The SMILES string of the molecule is CC1CC(NC(=S)Nc2ccc(Cl)cc2Cl)CC(C)(C)C1. The van der Waals surface area contributed by atoms with Gasteiger partial charge < -0.3 is 10.6 Å². The number of rotatable bonds is 2. The summed E-state index contributed by atoms with van der Waals surface area (Å²) >= 11 is 17.5. The van der Waals surface area contributed by atoms with Crippen LogP contribution in [0.15, 0.2) is 18.2 Å². The van der Waals surface area contributed by atoms with E-state index in [4.69, 9.17) is 35.4 Å². The molecule has 0 bridgehead atoms. The molecule has 0 radical (unpaired) electrons. The minimum Gasteiger partial charge on any atom is -0.360 e. The van der Waals surface area contributed by atoms with Gasteiger partial charge in [0.2, 0.25) is 0 Å². The molecule has 1 aliphatic carbocycles. The van der Waals surface area contributed by atoms with E-state index in [-0.39, 0.29) is 0 Å². The number of nitrogens with one attached hydrogen (secondary N) is 2. The van der Waals surface area contributed by atoms with E-state index >= 15 is 0 Å². The summed E-state index contributed by atoms with van der Waals surface area (Å²) in [6.07, 6.45) is 3.56. The van der Waals surface area contributed by atoms with E-state index in [1.165, 1.54) is 6.42 Å². The molecule has 2 nitrogen and oxygen atoms in total. The predicted octanol–water partition coefficient (Wildman–Crippen LogP) is 5.49. The van der Waals surface area contributed by atoms with E-state index < -0.39 is 0 Å². The lowest BCUT2D eigenvalue weighted by atomic mass is 9.71. The largest absolute Gasteiger partial charge is 0.360 e. The van der Waals surface area contributed by atoms with Gasteiger partial charge in [-0.1, -0.05) is 44.0 Å². The van der Waals surface area contributed by atoms with Crippen LogP contribution in [0.1, 0.15) is 40.0 Å². The van der Waals surface area contributed by atoms with Crippen LogP contribution >= 0.6 is 35.4 Å². The summed E-state index contributed by atoms with van der Waals surface area (Å²) in [5, 5.41) is 8.39. The van der Waals surface area contributed by atoms with Crippen molar-refractivity contribution in [3.63, 3.8) is 0 Å². The molecule has 0 saturated heterocycles. The van der Waals surface area contributed by atoms with E-state index in [0.717, 1.165) is 18.5 Å². The van der Waals surface area contributed by atoms with Crippen molar-refractivity contribution in [1.82, 2.24) is 5.32 Å². The van der Waals surface area contributed by atoms with Crippen molar-refractivity contribution in [2.75, 3.05) is 5.32 Å². The third-order valence-corrected chi connectivity index (χ3v) is 4.67.